The van der Waals surface area contributed by atoms with Crippen LogP contribution in [-0.4, -0.2) is 11.8 Å². The zero-order valence-corrected chi connectivity index (χ0v) is 8.25. The molecule has 0 spiro atoms. The van der Waals surface area contributed by atoms with Crippen LogP contribution in [0.5, 0.6) is 0 Å². The van der Waals surface area contributed by atoms with Crippen LogP contribution < -0.4 is 11.1 Å². The largest absolute Gasteiger partial charge is 0.351 e. The quantitative estimate of drug-likeness (QED) is 0.722. The number of primary amides is 1. The van der Waals surface area contributed by atoms with E-state index < -0.39 is 6.03 Å². The predicted molar refractivity (Wildman–Crippen MR) is 56.7 cm³/mol. The molecule has 1 aliphatic rings. The summed E-state index contributed by atoms with van der Waals surface area (Å²) in [4.78, 5) is 22.1. The first-order chi connectivity index (χ1) is 7.16. The third-order valence-electron chi connectivity index (χ3n) is 2.58. The molecule has 0 saturated carbocycles. The molecular formula is C11H12N2O2. The molecule has 1 aromatic carbocycles. The molecule has 0 fully saturated rings. The fourth-order valence-corrected chi connectivity index (χ4v) is 1.89. The third kappa shape index (κ3) is 1.98. The first-order valence-corrected chi connectivity index (χ1v) is 4.86. The number of ketones is 1. The molecule has 0 bridgehead atoms. The van der Waals surface area contributed by atoms with Crippen molar-refractivity contribution in [3.05, 3.63) is 29.3 Å². The van der Waals surface area contributed by atoms with E-state index in [9.17, 15) is 9.59 Å². The molecule has 4 heteroatoms. The summed E-state index contributed by atoms with van der Waals surface area (Å²) in [6.45, 7) is 0. The van der Waals surface area contributed by atoms with Gasteiger partial charge in [0.15, 0.2) is 0 Å². The molecule has 0 saturated heterocycles. The summed E-state index contributed by atoms with van der Waals surface area (Å²) < 4.78 is 0. The number of nitrogens with one attached hydrogen (secondary N) is 1. The van der Waals surface area contributed by atoms with Gasteiger partial charge in [0.05, 0.1) is 0 Å². The fourth-order valence-electron chi connectivity index (χ4n) is 1.89. The number of amides is 2. The summed E-state index contributed by atoms with van der Waals surface area (Å²) in [7, 11) is 0. The monoisotopic (exact) mass is 204 g/mol. The van der Waals surface area contributed by atoms with Gasteiger partial charge in [-0.1, -0.05) is 12.1 Å². The van der Waals surface area contributed by atoms with E-state index in [2.05, 4.69) is 5.32 Å². The number of hydrogen-bond acceptors (Lipinski definition) is 2. The number of urea groups is 1. The molecule has 0 radical (unpaired) electrons. The molecule has 4 nitrogen and oxygen atoms in total. The maximum absolute atomic E-state index is 11.3. The van der Waals surface area contributed by atoms with Gasteiger partial charge < -0.3 is 11.1 Å². The molecule has 2 rings (SSSR count). The van der Waals surface area contributed by atoms with Crippen LogP contribution in [0.1, 0.15) is 17.5 Å². The van der Waals surface area contributed by atoms with Gasteiger partial charge in [-0.3, -0.25) is 4.79 Å². The van der Waals surface area contributed by atoms with Crippen molar-refractivity contribution in [3.63, 3.8) is 0 Å². The molecular weight excluding hydrogens is 192 g/mol. The topological polar surface area (TPSA) is 72.2 Å². The third-order valence-corrected chi connectivity index (χ3v) is 2.58. The number of nitrogens with two attached hydrogens (primary N) is 1. The van der Waals surface area contributed by atoms with Crippen LogP contribution in [0.4, 0.5) is 10.5 Å². The number of fused-ring (bicyclic) bond motifs is 1. The van der Waals surface area contributed by atoms with E-state index in [1.54, 1.807) is 6.07 Å². The standard InChI is InChI=1S/C11H12N2O2/c12-11(15)13-10-3-1-2-7-4-5-8(14)6-9(7)10/h1-3H,4-6H2,(H3,12,13,15). The second-order valence-electron chi connectivity index (χ2n) is 3.65. The molecule has 1 aliphatic carbocycles. The van der Waals surface area contributed by atoms with E-state index in [0.29, 0.717) is 18.5 Å². The SMILES string of the molecule is NC(=O)Nc1cccc2c1CC(=O)CC2. The highest BCUT2D eigenvalue weighted by Gasteiger charge is 2.18. The fraction of sp³-hybridized carbons (Fsp3) is 0.273. The average Bonchev–Trinajstić information content (AvgIpc) is 2.18. The van der Waals surface area contributed by atoms with Gasteiger partial charge in [-0.25, -0.2) is 4.79 Å². The summed E-state index contributed by atoms with van der Waals surface area (Å²) in [5, 5.41) is 2.54. The highest BCUT2D eigenvalue weighted by molar-refractivity contribution is 5.92. The molecule has 1 aromatic rings. The first kappa shape index (κ1) is 9.71. The minimum Gasteiger partial charge on any atom is -0.351 e. The number of anilines is 1. The van der Waals surface area contributed by atoms with Gasteiger partial charge in [-0.15, -0.1) is 0 Å². The number of rotatable bonds is 1. The Morgan fingerprint density at radius 3 is 2.87 bits per heavy atom. The second-order valence-corrected chi connectivity index (χ2v) is 3.65. The molecule has 0 aromatic heterocycles. The molecule has 2 amide bonds. The maximum atomic E-state index is 11.3. The van der Waals surface area contributed by atoms with E-state index in [0.717, 1.165) is 17.5 Å². The number of carbonyl (C=O) groups excluding carboxylic acids is 2. The molecule has 0 aliphatic heterocycles. The Balaban J connectivity index is 2.39. The van der Waals surface area contributed by atoms with Crippen molar-refractivity contribution in [1.82, 2.24) is 0 Å². The summed E-state index contributed by atoms with van der Waals surface area (Å²) in [5.74, 6) is 0.209. The van der Waals surface area contributed by atoms with E-state index in [4.69, 9.17) is 5.73 Å². The van der Waals surface area contributed by atoms with Crippen molar-refractivity contribution in [2.45, 2.75) is 19.3 Å². The van der Waals surface area contributed by atoms with Gasteiger partial charge in [0.1, 0.15) is 5.78 Å². The van der Waals surface area contributed by atoms with E-state index in [1.165, 1.54) is 0 Å². The lowest BCUT2D eigenvalue weighted by Crippen LogP contribution is -2.22. The molecule has 0 unspecified atom stereocenters. The highest BCUT2D eigenvalue weighted by Crippen LogP contribution is 2.26. The van der Waals surface area contributed by atoms with Crippen LogP contribution in [0.2, 0.25) is 0 Å². The van der Waals surface area contributed by atoms with Gasteiger partial charge in [-0.2, -0.15) is 0 Å². The van der Waals surface area contributed by atoms with Crippen LogP contribution in [0.3, 0.4) is 0 Å². The number of hydrogen-bond donors (Lipinski definition) is 2. The van der Waals surface area contributed by atoms with Crippen LogP contribution in [0.15, 0.2) is 18.2 Å². The highest BCUT2D eigenvalue weighted by atomic mass is 16.2. The molecule has 3 N–H and O–H groups in total. The first-order valence-electron chi connectivity index (χ1n) is 4.86. The maximum Gasteiger partial charge on any atom is 0.316 e. The zero-order valence-electron chi connectivity index (χ0n) is 8.25. The van der Waals surface area contributed by atoms with Crippen LogP contribution in [0.25, 0.3) is 0 Å². The number of aryl methyl sites for hydroxylation is 1. The molecule has 15 heavy (non-hydrogen) atoms. The van der Waals surface area contributed by atoms with Crippen LogP contribution >= 0.6 is 0 Å². The summed E-state index contributed by atoms with van der Waals surface area (Å²) >= 11 is 0. The van der Waals surface area contributed by atoms with Crippen LogP contribution in [0, 0.1) is 0 Å². The minimum absolute atomic E-state index is 0.209. The Bertz CT molecular complexity index is 427. The Morgan fingerprint density at radius 1 is 1.33 bits per heavy atom. The van der Waals surface area contributed by atoms with Crippen molar-refractivity contribution in [2.24, 2.45) is 5.73 Å². The smallest absolute Gasteiger partial charge is 0.316 e. The van der Waals surface area contributed by atoms with Gasteiger partial charge in [0, 0.05) is 18.5 Å². The molecule has 0 atom stereocenters. The van der Waals surface area contributed by atoms with Gasteiger partial charge in [0.25, 0.3) is 0 Å². The van der Waals surface area contributed by atoms with Crippen molar-refractivity contribution in [3.8, 4) is 0 Å². The van der Waals surface area contributed by atoms with Crippen molar-refractivity contribution in [2.75, 3.05) is 5.32 Å². The van der Waals surface area contributed by atoms with Crippen LogP contribution in [-0.2, 0) is 17.6 Å². The van der Waals surface area contributed by atoms with Gasteiger partial charge in [-0.05, 0) is 23.6 Å². The minimum atomic E-state index is -0.596. The van der Waals surface area contributed by atoms with Crippen molar-refractivity contribution < 1.29 is 9.59 Å². The summed E-state index contributed by atoms with van der Waals surface area (Å²) in [5.41, 5.74) is 7.75. The number of Topliss-reactive ketones (excluding diaryl/α,β-unsaturated/α-hetero) is 1. The normalized spacial score (nSPS) is 14.5. The molecule has 0 heterocycles. The number of carbonyl (C=O) groups is 2. The second kappa shape index (κ2) is 3.73. The van der Waals surface area contributed by atoms with E-state index in [-0.39, 0.29) is 5.78 Å². The number of benzene rings is 1. The lowest BCUT2D eigenvalue weighted by molar-refractivity contribution is -0.118. The summed E-state index contributed by atoms with van der Waals surface area (Å²) in [6.07, 6.45) is 1.74. The Kier molecular flexibility index (Phi) is 2.41. The zero-order chi connectivity index (χ0) is 10.8. The van der Waals surface area contributed by atoms with E-state index in [1.807, 2.05) is 12.1 Å². The van der Waals surface area contributed by atoms with Gasteiger partial charge in [0.2, 0.25) is 0 Å². The lowest BCUT2D eigenvalue weighted by atomic mass is 9.89. The Labute approximate surface area is 87.5 Å². The van der Waals surface area contributed by atoms with E-state index >= 15 is 0 Å². The lowest BCUT2D eigenvalue weighted by Gasteiger charge is -2.18. The summed E-state index contributed by atoms with van der Waals surface area (Å²) in [6, 6.07) is 5.01. The van der Waals surface area contributed by atoms with Crippen molar-refractivity contribution >= 4 is 17.5 Å². The Morgan fingerprint density at radius 2 is 2.13 bits per heavy atom. The molecule has 78 valence electrons. The average molecular weight is 204 g/mol. The van der Waals surface area contributed by atoms with Gasteiger partial charge >= 0.3 is 6.03 Å². The van der Waals surface area contributed by atoms with Crippen molar-refractivity contribution in [1.29, 1.82) is 0 Å². The Hall–Kier alpha value is -1.84. The predicted octanol–water partition coefficient (Wildman–Crippen LogP) is 1.24.